The van der Waals surface area contributed by atoms with Crippen molar-refractivity contribution in [1.29, 1.82) is 0 Å². The van der Waals surface area contributed by atoms with Crippen molar-refractivity contribution >= 4 is 36.2 Å². The SMILES string of the molecule is CC(C)C[C@@H](C(=O)NN(CC(C)C)C(=O)CN(C)C)[C@H](C/C=C/c1ccccc1)C(=O)NO.Cl. The minimum absolute atomic E-state index is 0. The first-order chi connectivity index (χ1) is 15.5. The number of likely N-dealkylation sites (N-methyl/N-ethyl adjacent to an activating group) is 1. The first-order valence-corrected chi connectivity index (χ1v) is 11.5. The van der Waals surface area contributed by atoms with Crippen molar-refractivity contribution in [3.05, 3.63) is 42.0 Å². The van der Waals surface area contributed by atoms with Crippen LogP contribution in [0.3, 0.4) is 0 Å². The van der Waals surface area contributed by atoms with E-state index in [1.54, 1.807) is 24.5 Å². The third-order valence-corrected chi connectivity index (χ3v) is 5.04. The van der Waals surface area contributed by atoms with Crippen LogP contribution in [-0.4, -0.2) is 60.0 Å². The third-order valence-electron chi connectivity index (χ3n) is 5.04. The summed E-state index contributed by atoms with van der Waals surface area (Å²) in [6, 6.07) is 9.64. The van der Waals surface area contributed by atoms with E-state index < -0.39 is 23.7 Å². The molecule has 0 radical (unpaired) electrons. The van der Waals surface area contributed by atoms with Gasteiger partial charge in [-0.25, -0.2) is 5.48 Å². The van der Waals surface area contributed by atoms with Crippen LogP contribution in [0.1, 0.15) is 46.1 Å². The summed E-state index contributed by atoms with van der Waals surface area (Å²) in [5.74, 6) is -2.49. The smallest absolute Gasteiger partial charge is 0.255 e. The number of hydroxylamine groups is 1. The summed E-state index contributed by atoms with van der Waals surface area (Å²) >= 11 is 0. The summed E-state index contributed by atoms with van der Waals surface area (Å²) < 4.78 is 0. The van der Waals surface area contributed by atoms with Gasteiger partial charge in [0.15, 0.2) is 0 Å². The third kappa shape index (κ3) is 11.6. The normalized spacial score (nSPS) is 13.0. The number of hydrazine groups is 1. The van der Waals surface area contributed by atoms with Crippen LogP contribution in [0.5, 0.6) is 0 Å². The average Bonchev–Trinajstić information content (AvgIpc) is 2.74. The number of rotatable bonds is 12. The molecule has 0 unspecified atom stereocenters. The Balaban J connectivity index is 0.0000109. The van der Waals surface area contributed by atoms with E-state index in [2.05, 4.69) is 5.43 Å². The number of carbonyl (C=O) groups is 3. The molecule has 2 atom stereocenters. The van der Waals surface area contributed by atoms with Crippen LogP contribution >= 0.6 is 12.4 Å². The minimum atomic E-state index is -0.790. The molecule has 0 fully saturated rings. The van der Waals surface area contributed by atoms with Gasteiger partial charge in [-0.3, -0.25) is 30.0 Å². The van der Waals surface area contributed by atoms with Gasteiger partial charge in [0.2, 0.25) is 11.8 Å². The first kappa shape index (κ1) is 31.6. The molecule has 34 heavy (non-hydrogen) atoms. The van der Waals surface area contributed by atoms with Gasteiger partial charge in [0.05, 0.1) is 18.4 Å². The predicted octanol–water partition coefficient (Wildman–Crippen LogP) is 3.37. The first-order valence-electron chi connectivity index (χ1n) is 11.5. The Morgan fingerprint density at radius 1 is 0.971 bits per heavy atom. The highest BCUT2D eigenvalue weighted by atomic mass is 35.5. The van der Waals surface area contributed by atoms with E-state index in [0.29, 0.717) is 13.0 Å². The molecule has 192 valence electrons. The van der Waals surface area contributed by atoms with Crippen molar-refractivity contribution in [3.63, 3.8) is 0 Å². The van der Waals surface area contributed by atoms with Gasteiger partial charge < -0.3 is 4.90 Å². The monoisotopic (exact) mass is 496 g/mol. The molecular formula is C25H41ClN4O4. The van der Waals surface area contributed by atoms with Crippen LogP contribution in [0, 0.1) is 23.7 Å². The number of hydrogen-bond donors (Lipinski definition) is 3. The predicted molar refractivity (Wildman–Crippen MR) is 137 cm³/mol. The van der Waals surface area contributed by atoms with Crippen molar-refractivity contribution in [2.24, 2.45) is 23.7 Å². The van der Waals surface area contributed by atoms with Gasteiger partial charge >= 0.3 is 0 Å². The maximum atomic E-state index is 13.4. The maximum absolute atomic E-state index is 13.4. The molecule has 3 N–H and O–H groups in total. The zero-order chi connectivity index (χ0) is 25.0. The Kier molecular flexibility index (Phi) is 15.1. The van der Waals surface area contributed by atoms with E-state index in [9.17, 15) is 19.6 Å². The molecule has 9 heteroatoms. The molecule has 1 aromatic carbocycles. The van der Waals surface area contributed by atoms with Crippen LogP contribution in [0.15, 0.2) is 36.4 Å². The molecule has 0 spiro atoms. The fourth-order valence-electron chi connectivity index (χ4n) is 3.56. The molecule has 1 aromatic rings. The van der Waals surface area contributed by atoms with Crippen molar-refractivity contribution < 1.29 is 19.6 Å². The van der Waals surface area contributed by atoms with E-state index in [1.807, 2.05) is 70.2 Å². The number of allylic oxidation sites excluding steroid dienone is 1. The Hall–Kier alpha value is -2.42. The van der Waals surface area contributed by atoms with Crippen LogP contribution in [0.25, 0.3) is 6.08 Å². The number of hydrogen-bond acceptors (Lipinski definition) is 5. The Morgan fingerprint density at radius 2 is 1.59 bits per heavy atom. The van der Waals surface area contributed by atoms with Gasteiger partial charge in [-0.05, 0) is 44.3 Å². The standard InChI is InChI=1S/C25H40N4O4.ClH/c1-18(2)15-22(24(31)26-29(16-19(3)4)23(30)17-28(5)6)21(25(32)27-33)14-10-13-20-11-8-7-9-12-20;/h7-13,18-19,21-22,33H,14-17H2,1-6H3,(H,26,31)(H,27,32);1H/b13-10+;/t21-,22+;/m0./s1. The van der Waals surface area contributed by atoms with Gasteiger partial charge in [0, 0.05) is 6.54 Å². The van der Waals surface area contributed by atoms with Crippen molar-refractivity contribution in [2.45, 2.75) is 40.5 Å². The largest absolute Gasteiger partial charge is 0.301 e. The van der Waals surface area contributed by atoms with Crippen LogP contribution < -0.4 is 10.9 Å². The zero-order valence-electron chi connectivity index (χ0n) is 21.2. The summed E-state index contributed by atoms with van der Waals surface area (Å²) in [4.78, 5) is 40.4. The Labute approximate surface area is 210 Å². The van der Waals surface area contributed by atoms with E-state index in [4.69, 9.17) is 0 Å². The average molecular weight is 497 g/mol. The van der Waals surface area contributed by atoms with Gasteiger partial charge in [0.25, 0.3) is 5.91 Å². The Morgan fingerprint density at radius 3 is 2.09 bits per heavy atom. The highest BCUT2D eigenvalue weighted by Gasteiger charge is 2.35. The van der Waals surface area contributed by atoms with Gasteiger partial charge in [-0.15, -0.1) is 12.4 Å². The summed E-state index contributed by atoms with van der Waals surface area (Å²) in [6.45, 7) is 8.38. The van der Waals surface area contributed by atoms with Crippen molar-refractivity contribution in [1.82, 2.24) is 20.8 Å². The summed E-state index contributed by atoms with van der Waals surface area (Å²) in [6.07, 6.45) is 4.41. The second-order valence-corrected chi connectivity index (χ2v) is 9.48. The number of amides is 3. The van der Waals surface area contributed by atoms with E-state index in [1.165, 1.54) is 5.01 Å². The van der Waals surface area contributed by atoms with Gasteiger partial charge in [-0.2, -0.15) is 0 Å². The molecule has 1 rings (SSSR count). The van der Waals surface area contributed by atoms with Gasteiger partial charge in [0.1, 0.15) is 0 Å². The molecule has 0 bridgehead atoms. The molecule has 0 aliphatic rings. The number of benzene rings is 1. The lowest BCUT2D eigenvalue weighted by atomic mass is 9.82. The van der Waals surface area contributed by atoms with Crippen LogP contribution in [0.2, 0.25) is 0 Å². The van der Waals surface area contributed by atoms with Crippen molar-refractivity contribution in [2.75, 3.05) is 27.2 Å². The number of halogens is 1. The second-order valence-electron chi connectivity index (χ2n) is 9.48. The molecule has 0 aliphatic carbocycles. The van der Waals surface area contributed by atoms with E-state index >= 15 is 0 Å². The van der Waals surface area contributed by atoms with Crippen molar-refractivity contribution in [3.8, 4) is 0 Å². The molecule has 0 saturated carbocycles. The summed E-state index contributed by atoms with van der Waals surface area (Å²) in [7, 11) is 3.57. The molecule has 0 saturated heterocycles. The maximum Gasteiger partial charge on any atom is 0.255 e. The van der Waals surface area contributed by atoms with Crippen LogP contribution in [0.4, 0.5) is 0 Å². The zero-order valence-corrected chi connectivity index (χ0v) is 22.0. The number of nitrogens with zero attached hydrogens (tertiary/aromatic N) is 2. The molecule has 8 nitrogen and oxygen atoms in total. The molecule has 0 aliphatic heterocycles. The fourth-order valence-corrected chi connectivity index (χ4v) is 3.56. The van der Waals surface area contributed by atoms with Gasteiger partial charge in [-0.1, -0.05) is 70.2 Å². The Bertz CT molecular complexity index is 784. The molecular weight excluding hydrogens is 456 g/mol. The summed E-state index contributed by atoms with van der Waals surface area (Å²) in [5, 5.41) is 10.7. The lowest BCUT2D eigenvalue weighted by molar-refractivity contribution is -0.148. The molecule has 0 aromatic heterocycles. The highest BCUT2D eigenvalue weighted by molar-refractivity contribution is 5.89. The summed E-state index contributed by atoms with van der Waals surface area (Å²) in [5.41, 5.74) is 5.45. The lowest BCUT2D eigenvalue weighted by Gasteiger charge is -2.31. The number of carbonyl (C=O) groups excluding carboxylic acids is 3. The van der Waals surface area contributed by atoms with E-state index in [-0.39, 0.29) is 43.1 Å². The lowest BCUT2D eigenvalue weighted by Crippen LogP contribution is -2.53. The molecule has 0 heterocycles. The van der Waals surface area contributed by atoms with Crippen LogP contribution in [-0.2, 0) is 14.4 Å². The fraction of sp³-hybridized carbons (Fsp3) is 0.560. The number of nitrogens with one attached hydrogen (secondary N) is 2. The highest BCUT2D eigenvalue weighted by Crippen LogP contribution is 2.25. The quantitative estimate of drug-likeness (QED) is 0.304. The topological polar surface area (TPSA) is 102 Å². The second kappa shape index (κ2) is 16.2. The molecule has 3 amide bonds. The minimum Gasteiger partial charge on any atom is -0.301 e. The van der Waals surface area contributed by atoms with E-state index in [0.717, 1.165) is 5.56 Å².